The SMILES string of the molecule is CC(=O)OCCNc1ccc(C=NN)cc1.Cl. The van der Waals surface area contributed by atoms with Crippen LogP contribution in [0.5, 0.6) is 0 Å². The highest BCUT2D eigenvalue weighted by molar-refractivity contribution is 5.85. The lowest BCUT2D eigenvalue weighted by Gasteiger charge is -2.06. The molecule has 3 N–H and O–H groups in total. The van der Waals surface area contributed by atoms with Gasteiger partial charge < -0.3 is 15.9 Å². The van der Waals surface area contributed by atoms with E-state index in [1.165, 1.54) is 6.92 Å². The summed E-state index contributed by atoms with van der Waals surface area (Å²) in [6.07, 6.45) is 1.57. The molecule has 0 aliphatic carbocycles. The molecule has 0 aliphatic rings. The summed E-state index contributed by atoms with van der Waals surface area (Å²) in [6, 6.07) is 7.60. The maximum Gasteiger partial charge on any atom is 0.302 e. The Morgan fingerprint density at radius 2 is 2.12 bits per heavy atom. The number of hydrogen-bond donors (Lipinski definition) is 2. The first-order valence-corrected chi connectivity index (χ1v) is 4.93. The van der Waals surface area contributed by atoms with E-state index in [9.17, 15) is 4.79 Å². The number of ether oxygens (including phenoxy) is 1. The maximum atomic E-state index is 10.5. The van der Waals surface area contributed by atoms with Crippen LogP contribution in [0.3, 0.4) is 0 Å². The highest BCUT2D eigenvalue weighted by Crippen LogP contribution is 2.07. The van der Waals surface area contributed by atoms with Crippen molar-refractivity contribution in [2.75, 3.05) is 18.5 Å². The van der Waals surface area contributed by atoms with Crippen molar-refractivity contribution >= 4 is 30.3 Å². The summed E-state index contributed by atoms with van der Waals surface area (Å²) in [4.78, 5) is 10.5. The Morgan fingerprint density at radius 3 is 2.65 bits per heavy atom. The molecular formula is C11H16ClN3O2. The molecule has 17 heavy (non-hydrogen) atoms. The summed E-state index contributed by atoms with van der Waals surface area (Å²) in [6.45, 7) is 2.34. The van der Waals surface area contributed by atoms with Crippen LogP contribution in [0.2, 0.25) is 0 Å². The fourth-order valence-corrected chi connectivity index (χ4v) is 1.16. The Balaban J connectivity index is 0.00000256. The first-order valence-electron chi connectivity index (χ1n) is 4.93. The Hall–Kier alpha value is -1.75. The third-order valence-corrected chi connectivity index (χ3v) is 1.87. The van der Waals surface area contributed by atoms with Crippen LogP contribution >= 0.6 is 12.4 Å². The summed E-state index contributed by atoms with van der Waals surface area (Å²) in [7, 11) is 0. The first-order chi connectivity index (χ1) is 7.72. The van der Waals surface area contributed by atoms with Gasteiger partial charge in [0.15, 0.2) is 0 Å². The van der Waals surface area contributed by atoms with Gasteiger partial charge in [-0.15, -0.1) is 12.4 Å². The molecule has 6 heteroatoms. The molecule has 0 radical (unpaired) electrons. The van der Waals surface area contributed by atoms with Crippen molar-refractivity contribution in [2.45, 2.75) is 6.92 Å². The van der Waals surface area contributed by atoms with Crippen LogP contribution in [0, 0.1) is 0 Å². The number of nitrogens with zero attached hydrogens (tertiary/aromatic N) is 1. The van der Waals surface area contributed by atoms with Gasteiger partial charge in [0.25, 0.3) is 0 Å². The van der Waals surface area contributed by atoms with Crippen molar-refractivity contribution in [3.8, 4) is 0 Å². The Morgan fingerprint density at radius 1 is 1.47 bits per heavy atom. The second kappa shape index (κ2) is 8.41. The van der Waals surface area contributed by atoms with Crippen molar-refractivity contribution < 1.29 is 9.53 Å². The number of nitrogens with one attached hydrogen (secondary N) is 1. The Kier molecular flexibility index (Phi) is 7.54. The molecule has 0 atom stereocenters. The van der Waals surface area contributed by atoms with Crippen molar-refractivity contribution in [3.63, 3.8) is 0 Å². The first kappa shape index (κ1) is 15.2. The quantitative estimate of drug-likeness (QED) is 0.275. The third kappa shape index (κ3) is 6.42. The molecule has 94 valence electrons. The van der Waals surface area contributed by atoms with Gasteiger partial charge >= 0.3 is 5.97 Å². The molecule has 1 rings (SSSR count). The van der Waals surface area contributed by atoms with Crippen LogP contribution in [0.1, 0.15) is 12.5 Å². The second-order valence-corrected chi connectivity index (χ2v) is 3.17. The van der Waals surface area contributed by atoms with E-state index in [-0.39, 0.29) is 18.4 Å². The molecule has 1 aromatic carbocycles. The van der Waals surface area contributed by atoms with Crippen LogP contribution in [-0.4, -0.2) is 25.3 Å². The van der Waals surface area contributed by atoms with E-state index < -0.39 is 0 Å². The number of anilines is 1. The summed E-state index contributed by atoms with van der Waals surface area (Å²) in [5.41, 5.74) is 1.90. The normalized spacial score (nSPS) is 9.71. The van der Waals surface area contributed by atoms with Crippen molar-refractivity contribution in [2.24, 2.45) is 10.9 Å². The molecule has 0 saturated carbocycles. The van der Waals surface area contributed by atoms with Crippen LogP contribution < -0.4 is 11.2 Å². The zero-order chi connectivity index (χ0) is 11.8. The van der Waals surface area contributed by atoms with Crippen molar-refractivity contribution in [1.82, 2.24) is 0 Å². The number of rotatable bonds is 5. The number of benzene rings is 1. The molecule has 0 aliphatic heterocycles. The second-order valence-electron chi connectivity index (χ2n) is 3.17. The van der Waals surface area contributed by atoms with Gasteiger partial charge in [0.05, 0.1) is 6.21 Å². The molecule has 0 fully saturated rings. The Bertz CT molecular complexity index is 365. The fraction of sp³-hybridized carbons (Fsp3) is 0.273. The molecule has 0 bridgehead atoms. The van der Waals surface area contributed by atoms with Gasteiger partial charge in [-0.1, -0.05) is 12.1 Å². The fourth-order valence-electron chi connectivity index (χ4n) is 1.16. The van der Waals surface area contributed by atoms with Gasteiger partial charge in [-0.25, -0.2) is 0 Å². The van der Waals surface area contributed by atoms with Gasteiger partial charge in [-0.2, -0.15) is 5.10 Å². The van der Waals surface area contributed by atoms with E-state index in [0.717, 1.165) is 11.3 Å². The number of nitrogens with two attached hydrogens (primary N) is 1. The van der Waals surface area contributed by atoms with Gasteiger partial charge in [0.2, 0.25) is 0 Å². The third-order valence-electron chi connectivity index (χ3n) is 1.87. The van der Waals surface area contributed by atoms with Crippen LogP contribution in [0.4, 0.5) is 5.69 Å². The van der Waals surface area contributed by atoms with E-state index in [1.807, 2.05) is 24.3 Å². The lowest BCUT2D eigenvalue weighted by atomic mass is 10.2. The number of halogens is 1. The lowest BCUT2D eigenvalue weighted by Crippen LogP contribution is -2.11. The average molecular weight is 258 g/mol. The molecule has 1 aromatic rings. The molecule has 0 amide bonds. The van der Waals surface area contributed by atoms with E-state index in [2.05, 4.69) is 10.4 Å². The number of hydrogen-bond acceptors (Lipinski definition) is 5. The topological polar surface area (TPSA) is 76.7 Å². The molecule has 0 saturated heterocycles. The predicted octanol–water partition coefficient (Wildman–Crippen LogP) is 1.38. The largest absolute Gasteiger partial charge is 0.464 e. The zero-order valence-electron chi connectivity index (χ0n) is 9.55. The minimum Gasteiger partial charge on any atom is -0.464 e. The molecular weight excluding hydrogens is 242 g/mol. The molecule has 0 unspecified atom stereocenters. The lowest BCUT2D eigenvalue weighted by molar-refractivity contribution is -0.140. The summed E-state index contributed by atoms with van der Waals surface area (Å²) in [5.74, 6) is 4.76. The standard InChI is InChI=1S/C11H15N3O2.ClH/c1-9(15)16-7-6-13-11-4-2-10(3-5-11)8-14-12;/h2-5,8,13H,6-7,12H2,1H3;1H. The number of esters is 1. The molecule has 5 nitrogen and oxygen atoms in total. The minimum atomic E-state index is -0.267. The van der Waals surface area contributed by atoms with Crippen LogP contribution in [0.25, 0.3) is 0 Å². The average Bonchev–Trinajstić information content (AvgIpc) is 2.27. The van der Waals surface area contributed by atoms with Gasteiger partial charge in [-0.05, 0) is 17.7 Å². The van der Waals surface area contributed by atoms with Gasteiger partial charge in [0.1, 0.15) is 6.61 Å². The molecule has 0 aromatic heterocycles. The summed E-state index contributed by atoms with van der Waals surface area (Å²) < 4.78 is 4.79. The zero-order valence-corrected chi connectivity index (χ0v) is 10.4. The number of carbonyl (C=O) groups is 1. The van der Waals surface area contributed by atoms with E-state index in [4.69, 9.17) is 10.6 Å². The number of carbonyl (C=O) groups excluding carboxylic acids is 1. The van der Waals surface area contributed by atoms with Crippen molar-refractivity contribution in [1.29, 1.82) is 0 Å². The summed E-state index contributed by atoms with van der Waals surface area (Å²) >= 11 is 0. The Labute approximate surface area is 106 Å². The highest BCUT2D eigenvalue weighted by Gasteiger charge is 1.94. The van der Waals surface area contributed by atoms with Gasteiger partial charge in [0, 0.05) is 19.2 Å². The highest BCUT2D eigenvalue weighted by atomic mass is 35.5. The van der Waals surface area contributed by atoms with E-state index in [0.29, 0.717) is 13.2 Å². The van der Waals surface area contributed by atoms with Crippen LogP contribution in [-0.2, 0) is 9.53 Å². The minimum absolute atomic E-state index is 0. The smallest absolute Gasteiger partial charge is 0.302 e. The van der Waals surface area contributed by atoms with Crippen LogP contribution in [0.15, 0.2) is 29.4 Å². The van der Waals surface area contributed by atoms with Crippen molar-refractivity contribution in [3.05, 3.63) is 29.8 Å². The molecule has 0 heterocycles. The number of hydrazone groups is 1. The monoisotopic (exact) mass is 257 g/mol. The van der Waals surface area contributed by atoms with Gasteiger partial charge in [-0.3, -0.25) is 4.79 Å². The predicted molar refractivity (Wildman–Crippen MR) is 70.6 cm³/mol. The maximum absolute atomic E-state index is 10.5. The molecule has 0 spiro atoms. The summed E-state index contributed by atoms with van der Waals surface area (Å²) in [5, 5.41) is 6.54. The van der Waals surface area contributed by atoms with E-state index >= 15 is 0 Å². The van der Waals surface area contributed by atoms with E-state index in [1.54, 1.807) is 6.21 Å².